The maximum Gasteiger partial charge on any atom is 0.321 e. The van der Waals surface area contributed by atoms with Crippen molar-refractivity contribution in [3.63, 3.8) is 0 Å². The van der Waals surface area contributed by atoms with E-state index in [1.54, 1.807) is 23.2 Å². The fourth-order valence-corrected chi connectivity index (χ4v) is 2.65. The van der Waals surface area contributed by atoms with Gasteiger partial charge in [-0.2, -0.15) is 5.10 Å². The molecule has 1 N–H and O–H groups in total. The predicted molar refractivity (Wildman–Crippen MR) is 95.6 cm³/mol. The Balaban J connectivity index is 1.58. The Labute approximate surface area is 146 Å². The number of halogens is 1. The van der Waals surface area contributed by atoms with Crippen molar-refractivity contribution in [2.24, 2.45) is 0 Å². The number of aromatic nitrogens is 2. The van der Waals surface area contributed by atoms with E-state index in [9.17, 15) is 9.18 Å². The van der Waals surface area contributed by atoms with E-state index in [2.05, 4.69) is 20.4 Å². The highest BCUT2D eigenvalue weighted by molar-refractivity contribution is 5.89. The van der Waals surface area contributed by atoms with Crippen LogP contribution in [0.1, 0.15) is 0 Å². The third-order valence-electron chi connectivity index (χ3n) is 4.11. The van der Waals surface area contributed by atoms with E-state index in [1.165, 1.54) is 12.1 Å². The molecule has 0 atom stereocenters. The monoisotopic (exact) mass is 344 g/mol. The van der Waals surface area contributed by atoms with Crippen LogP contribution in [0.15, 0.2) is 36.5 Å². The van der Waals surface area contributed by atoms with Crippen LogP contribution in [0, 0.1) is 5.82 Å². The number of urea groups is 1. The molecule has 25 heavy (non-hydrogen) atoms. The molecular formula is C17H21FN6O. The molecule has 1 aromatic carbocycles. The van der Waals surface area contributed by atoms with E-state index in [0.717, 1.165) is 11.5 Å². The highest BCUT2D eigenvalue weighted by Gasteiger charge is 2.22. The van der Waals surface area contributed by atoms with Crippen LogP contribution in [-0.4, -0.2) is 61.4 Å². The van der Waals surface area contributed by atoms with Crippen molar-refractivity contribution in [2.45, 2.75) is 0 Å². The van der Waals surface area contributed by atoms with Gasteiger partial charge in [-0.25, -0.2) is 9.18 Å². The Hall–Kier alpha value is -2.90. The summed E-state index contributed by atoms with van der Waals surface area (Å²) < 4.78 is 13.2. The number of carbonyl (C=O) groups is 1. The third-order valence-corrected chi connectivity index (χ3v) is 4.11. The molecular weight excluding hydrogens is 323 g/mol. The van der Waals surface area contributed by atoms with Gasteiger partial charge < -0.3 is 20.0 Å². The summed E-state index contributed by atoms with van der Waals surface area (Å²) >= 11 is 0. The first-order chi connectivity index (χ1) is 12.0. The normalized spacial score (nSPS) is 14.4. The minimum absolute atomic E-state index is 0.224. The van der Waals surface area contributed by atoms with Crippen molar-refractivity contribution in [3.8, 4) is 0 Å². The SMILES string of the molecule is CN(C)c1cnnc(N2CCN(C(=O)Nc3cccc(F)c3)CC2)c1. The Morgan fingerprint density at radius 2 is 1.96 bits per heavy atom. The van der Waals surface area contributed by atoms with E-state index in [4.69, 9.17) is 0 Å². The minimum atomic E-state index is -0.373. The van der Waals surface area contributed by atoms with Gasteiger partial charge in [-0.15, -0.1) is 5.10 Å². The van der Waals surface area contributed by atoms with E-state index in [1.807, 2.05) is 25.1 Å². The highest BCUT2D eigenvalue weighted by Crippen LogP contribution is 2.19. The highest BCUT2D eigenvalue weighted by atomic mass is 19.1. The number of nitrogens with zero attached hydrogens (tertiary/aromatic N) is 5. The molecule has 8 heteroatoms. The van der Waals surface area contributed by atoms with Gasteiger partial charge in [0.25, 0.3) is 0 Å². The number of anilines is 3. The van der Waals surface area contributed by atoms with Crippen molar-refractivity contribution in [3.05, 3.63) is 42.3 Å². The smallest absolute Gasteiger partial charge is 0.321 e. The summed E-state index contributed by atoms with van der Waals surface area (Å²) in [7, 11) is 3.91. The first-order valence-electron chi connectivity index (χ1n) is 8.09. The summed E-state index contributed by atoms with van der Waals surface area (Å²) in [5.74, 6) is 0.429. The molecule has 0 radical (unpaired) electrons. The van der Waals surface area contributed by atoms with Crippen LogP contribution in [0.4, 0.5) is 26.4 Å². The third kappa shape index (κ3) is 4.14. The first kappa shape index (κ1) is 16.9. The van der Waals surface area contributed by atoms with Crippen LogP contribution < -0.4 is 15.1 Å². The van der Waals surface area contributed by atoms with Crippen molar-refractivity contribution >= 4 is 23.2 Å². The number of hydrogen-bond donors (Lipinski definition) is 1. The quantitative estimate of drug-likeness (QED) is 0.923. The Bertz CT molecular complexity index is 745. The molecule has 7 nitrogen and oxygen atoms in total. The van der Waals surface area contributed by atoms with Gasteiger partial charge in [0, 0.05) is 52.0 Å². The fourth-order valence-electron chi connectivity index (χ4n) is 2.65. The standard InChI is InChI=1S/C17H21FN6O/c1-22(2)15-11-16(21-19-12-15)23-6-8-24(9-7-23)17(25)20-14-5-3-4-13(18)10-14/h3-5,10-12H,6-9H2,1-2H3,(H,20,25). The van der Waals surface area contributed by atoms with Gasteiger partial charge in [0.15, 0.2) is 5.82 Å². The van der Waals surface area contributed by atoms with Gasteiger partial charge in [-0.3, -0.25) is 0 Å². The number of carbonyl (C=O) groups excluding carboxylic acids is 1. The number of amides is 2. The molecule has 2 aromatic rings. The summed E-state index contributed by atoms with van der Waals surface area (Å²) in [6, 6.07) is 7.64. The Morgan fingerprint density at radius 1 is 1.20 bits per heavy atom. The van der Waals surface area contributed by atoms with Gasteiger partial charge in [0.2, 0.25) is 0 Å². The lowest BCUT2D eigenvalue weighted by molar-refractivity contribution is 0.208. The largest absolute Gasteiger partial charge is 0.376 e. The minimum Gasteiger partial charge on any atom is -0.376 e. The summed E-state index contributed by atoms with van der Waals surface area (Å²) in [4.78, 5) is 18.1. The molecule has 3 rings (SSSR count). The van der Waals surface area contributed by atoms with Crippen molar-refractivity contribution in [1.82, 2.24) is 15.1 Å². The van der Waals surface area contributed by atoms with Crippen molar-refractivity contribution < 1.29 is 9.18 Å². The van der Waals surface area contributed by atoms with Crippen LogP contribution in [0.3, 0.4) is 0 Å². The van der Waals surface area contributed by atoms with Gasteiger partial charge in [0.05, 0.1) is 11.9 Å². The average molecular weight is 344 g/mol. The Morgan fingerprint density at radius 3 is 2.64 bits per heavy atom. The summed E-state index contributed by atoms with van der Waals surface area (Å²) in [5.41, 5.74) is 1.44. The van der Waals surface area contributed by atoms with Crippen molar-refractivity contribution in [1.29, 1.82) is 0 Å². The second kappa shape index (κ2) is 7.33. The molecule has 0 bridgehead atoms. The topological polar surface area (TPSA) is 64.6 Å². The summed E-state index contributed by atoms with van der Waals surface area (Å²) in [6.45, 7) is 2.47. The van der Waals surface area contributed by atoms with Crippen LogP contribution >= 0.6 is 0 Å². The van der Waals surface area contributed by atoms with Gasteiger partial charge in [0.1, 0.15) is 5.82 Å². The maximum absolute atomic E-state index is 13.2. The fraction of sp³-hybridized carbons (Fsp3) is 0.353. The van der Waals surface area contributed by atoms with Crippen LogP contribution in [0.25, 0.3) is 0 Å². The number of benzene rings is 1. The number of rotatable bonds is 3. The average Bonchev–Trinajstić information content (AvgIpc) is 2.62. The van der Waals surface area contributed by atoms with Crippen LogP contribution in [0.5, 0.6) is 0 Å². The lowest BCUT2D eigenvalue weighted by atomic mass is 10.3. The zero-order valence-electron chi connectivity index (χ0n) is 14.3. The molecule has 132 valence electrons. The molecule has 0 unspecified atom stereocenters. The second-order valence-corrected chi connectivity index (χ2v) is 6.08. The van der Waals surface area contributed by atoms with E-state index >= 15 is 0 Å². The molecule has 0 aliphatic carbocycles. The van der Waals surface area contributed by atoms with Gasteiger partial charge in [-0.05, 0) is 18.2 Å². The molecule has 1 aliphatic rings. The number of hydrogen-bond acceptors (Lipinski definition) is 5. The second-order valence-electron chi connectivity index (χ2n) is 6.08. The molecule has 1 aromatic heterocycles. The molecule has 2 amide bonds. The Kier molecular flexibility index (Phi) is 4.97. The molecule has 0 saturated carbocycles. The van der Waals surface area contributed by atoms with Crippen molar-refractivity contribution in [2.75, 3.05) is 55.4 Å². The molecule has 2 heterocycles. The molecule has 1 fully saturated rings. The van der Waals surface area contributed by atoms with Gasteiger partial charge in [-0.1, -0.05) is 6.07 Å². The zero-order valence-corrected chi connectivity index (χ0v) is 14.3. The van der Waals surface area contributed by atoms with Crippen LogP contribution in [0.2, 0.25) is 0 Å². The number of piperazine rings is 1. The lowest BCUT2D eigenvalue weighted by Crippen LogP contribution is -2.50. The maximum atomic E-state index is 13.2. The lowest BCUT2D eigenvalue weighted by Gasteiger charge is -2.35. The molecule has 0 spiro atoms. The first-order valence-corrected chi connectivity index (χ1v) is 8.09. The van der Waals surface area contributed by atoms with Crippen LogP contribution in [-0.2, 0) is 0 Å². The van der Waals surface area contributed by atoms with Gasteiger partial charge >= 0.3 is 6.03 Å². The van der Waals surface area contributed by atoms with E-state index in [-0.39, 0.29) is 11.8 Å². The zero-order chi connectivity index (χ0) is 17.8. The van der Waals surface area contributed by atoms with E-state index < -0.39 is 0 Å². The number of nitrogens with one attached hydrogen (secondary N) is 1. The summed E-state index contributed by atoms with van der Waals surface area (Å²) in [5, 5.41) is 10.9. The van der Waals surface area contributed by atoms with E-state index in [0.29, 0.717) is 31.9 Å². The predicted octanol–water partition coefficient (Wildman–Crippen LogP) is 2.04. The summed E-state index contributed by atoms with van der Waals surface area (Å²) in [6.07, 6.45) is 1.71. The molecule has 1 saturated heterocycles. The molecule has 1 aliphatic heterocycles.